The highest BCUT2D eigenvalue weighted by molar-refractivity contribution is 6.16. The number of aromatic nitrogens is 2. The van der Waals surface area contributed by atoms with Crippen molar-refractivity contribution in [2.24, 2.45) is 9.98 Å². The quantitative estimate of drug-likeness (QED) is 0.343. The fourth-order valence-corrected chi connectivity index (χ4v) is 4.69. The van der Waals surface area contributed by atoms with Gasteiger partial charge in [0.05, 0.1) is 11.2 Å². The Labute approximate surface area is 192 Å². The summed E-state index contributed by atoms with van der Waals surface area (Å²) in [4.78, 5) is 18.1. The Morgan fingerprint density at radius 1 is 0.758 bits per heavy atom. The maximum absolute atomic E-state index is 5.06. The maximum atomic E-state index is 5.06. The van der Waals surface area contributed by atoms with Crippen LogP contribution in [0.4, 0.5) is 5.69 Å². The minimum Gasteiger partial charge on any atom is -0.281 e. The van der Waals surface area contributed by atoms with Crippen LogP contribution in [-0.4, -0.2) is 22.4 Å². The third-order valence-corrected chi connectivity index (χ3v) is 6.49. The molecule has 2 aromatic heterocycles. The lowest BCUT2D eigenvalue weighted by atomic mass is 9.79. The van der Waals surface area contributed by atoms with Gasteiger partial charge in [-0.2, -0.15) is 0 Å². The van der Waals surface area contributed by atoms with Crippen LogP contribution in [0, 0.1) is 0 Å². The van der Waals surface area contributed by atoms with E-state index in [0.29, 0.717) is 0 Å². The fourth-order valence-electron chi connectivity index (χ4n) is 4.69. The predicted octanol–water partition coefficient (Wildman–Crippen LogP) is 5.77. The summed E-state index contributed by atoms with van der Waals surface area (Å²) in [6, 6.07) is 21.0. The van der Waals surface area contributed by atoms with Crippen LogP contribution < -0.4 is 5.22 Å². The molecule has 158 valence electrons. The molecule has 1 atom stereocenters. The highest BCUT2D eigenvalue weighted by Crippen LogP contribution is 2.41. The van der Waals surface area contributed by atoms with Crippen molar-refractivity contribution in [2.45, 2.75) is 18.9 Å². The van der Waals surface area contributed by atoms with E-state index in [0.717, 1.165) is 28.6 Å². The van der Waals surface area contributed by atoms with E-state index in [4.69, 9.17) is 9.98 Å². The lowest BCUT2D eigenvalue weighted by Crippen LogP contribution is -2.26. The average Bonchev–Trinajstić information content (AvgIpc) is 2.87. The Hall–Kier alpha value is -4.18. The van der Waals surface area contributed by atoms with Crippen molar-refractivity contribution in [1.29, 1.82) is 0 Å². The fraction of sp³-hybridized carbons (Fsp3) is 0.103. The highest BCUT2D eigenvalue weighted by Gasteiger charge is 2.30. The monoisotopic (exact) mass is 426 g/mol. The zero-order valence-corrected chi connectivity index (χ0v) is 18.3. The standard InChI is InChI=1S/C29H22N4/c1-29(33-19-21-11-16-31-17-12-21)13-8-23-2-5-24-26(32-18-20-9-14-30-15-10-20)7-4-22-3-6-25(29)28(23)27(22)24/h2-12,14-19H,13H2,1H3/b32-18+,33-19+. The number of hydrogen-bond donors (Lipinski definition) is 0. The molecular formula is C29H22N4. The van der Waals surface area contributed by atoms with Gasteiger partial charge in [-0.1, -0.05) is 36.4 Å². The Bertz CT molecular complexity index is 1590. The van der Waals surface area contributed by atoms with Gasteiger partial charge in [0.25, 0.3) is 0 Å². The summed E-state index contributed by atoms with van der Waals surface area (Å²) in [6.07, 6.45) is 14.2. The van der Waals surface area contributed by atoms with E-state index in [1.165, 1.54) is 26.9 Å². The second kappa shape index (κ2) is 7.75. The van der Waals surface area contributed by atoms with Crippen molar-refractivity contribution in [1.82, 2.24) is 9.97 Å². The molecule has 0 aliphatic heterocycles. The summed E-state index contributed by atoms with van der Waals surface area (Å²) < 4.78 is 0. The largest absolute Gasteiger partial charge is 0.281 e. The number of rotatable bonds is 4. The molecule has 0 radical (unpaired) electrons. The molecule has 3 aromatic carbocycles. The molecule has 33 heavy (non-hydrogen) atoms. The topological polar surface area (TPSA) is 50.5 Å². The van der Waals surface area contributed by atoms with Crippen molar-refractivity contribution in [2.75, 3.05) is 0 Å². The molecule has 4 nitrogen and oxygen atoms in total. The summed E-state index contributed by atoms with van der Waals surface area (Å²) in [5.74, 6) is 0. The first-order valence-corrected chi connectivity index (χ1v) is 11.1. The first-order valence-electron chi connectivity index (χ1n) is 11.1. The predicted molar refractivity (Wildman–Crippen MR) is 136 cm³/mol. The molecule has 5 aromatic rings. The Morgan fingerprint density at radius 3 is 2.21 bits per heavy atom. The molecule has 0 saturated carbocycles. The van der Waals surface area contributed by atoms with E-state index in [1.807, 2.05) is 36.7 Å². The Kier molecular flexibility index (Phi) is 4.58. The molecule has 0 amide bonds. The maximum Gasteiger partial charge on any atom is 0.0869 e. The van der Waals surface area contributed by atoms with Crippen LogP contribution in [0.5, 0.6) is 0 Å². The second-order valence-corrected chi connectivity index (χ2v) is 8.63. The van der Waals surface area contributed by atoms with Gasteiger partial charge in [0, 0.05) is 42.6 Å². The van der Waals surface area contributed by atoms with Crippen molar-refractivity contribution < 1.29 is 0 Å². The molecule has 1 unspecified atom stereocenters. The summed E-state index contributed by atoms with van der Waals surface area (Å²) in [7, 11) is 0. The molecule has 0 bridgehead atoms. The van der Waals surface area contributed by atoms with E-state index in [1.54, 1.807) is 24.8 Å². The van der Waals surface area contributed by atoms with Crippen LogP contribution >= 0.6 is 0 Å². The molecule has 0 N–H and O–H groups in total. The van der Waals surface area contributed by atoms with Crippen LogP contribution in [0.25, 0.3) is 27.6 Å². The van der Waals surface area contributed by atoms with Crippen molar-refractivity contribution in [3.05, 3.63) is 107 Å². The minimum atomic E-state index is -0.324. The molecule has 0 saturated heterocycles. The molecule has 2 heterocycles. The number of nitrogens with zero attached hydrogens (tertiary/aromatic N) is 4. The van der Waals surface area contributed by atoms with Crippen LogP contribution in [0.2, 0.25) is 0 Å². The third-order valence-electron chi connectivity index (χ3n) is 6.49. The molecular weight excluding hydrogens is 404 g/mol. The van der Waals surface area contributed by atoms with Crippen molar-refractivity contribution >= 4 is 45.7 Å². The van der Waals surface area contributed by atoms with Gasteiger partial charge >= 0.3 is 0 Å². The first-order chi connectivity index (χ1) is 16.2. The minimum absolute atomic E-state index is 0.324. The van der Waals surface area contributed by atoms with Crippen LogP contribution in [0.15, 0.2) is 95.4 Å². The summed E-state index contributed by atoms with van der Waals surface area (Å²) in [5.41, 5.74) is 4.00. The van der Waals surface area contributed by atoms with E-state index in [-0.39, 0.29) is 5.54 Å². The number of aliphatic imine (C=N–C) groups is 2. The van der Waals surface area contributed by atoms with Gasteiger partial charge in [-0.25, -0.2) is 0 Å². The average molecular weight is 427 g/mol. The zero-order valence-electron chi connectivity index (χ0n) is 18.3. The summed E-state index contributed by atoms with van der Waals surface area (Å²) >= 11 is 0. The van der Waals surface area contributed by atoms with Gasteiger partial charge in [-0.15, -0.1) is 0 Å². The van der Waals surface area contributed by atoms with E-state index < -0.39 is 0 Å². The van der Waals surface area contributed by atoms with E-state index in [2.05, 4.69) is 59.4 Å². The van der Waals surface area contributed by atoms with E-state index >= 15 is 0 Å². The van der Waals surface area contributed by atoms with Gasteiger partial charge in [0.15, 0.2) is 0 Å². The SMILES string of the molecule is CC1(/N=C/c2ccncc2)CC=c2ccc3c(/N=C/c4ccncc4)ccc4ccc1c2c43. The lowest BCUT2D eigenvalue weighted by molar-refractivity contribution is 0.522. The van der Waals surface area contributed by atoms with Crippen LogP contribution in [0.3, 0.4) is 0 Å². The lowest BCUT2D eigenvalue weighted by Gasteiger charge is -2.30. The van der Waals surface area contributed by atoms with Crippen molar-refractivity contribution in [3.63, 3.8) is 0 Å². The molecule has 1 aliphatic rings. The van der Waals surface area contributed by atoms with Crippen LogP contribution in [-0.2, 0) is 5.54 Å². The first kappa shape index (κ1) is 19.5. The molecule has 0 fully saturated rings. The number of benzene rings is 3. The Morgan fingerprint density at radius 2 is 1.45 bits per heavy atom. The van der Waals surface area contributed by atoms with Crippen molar-refractivity contribution in [3.8, 4) is 0 Å². The van der Waals surface area contributed by atoms with Gasteiger partial charge < -0.3 is 0 Å². The van der Waals surface area contributed by atoms with Gasteiger partial charge in [0.1, 0.15) is 0 Å². The van der Waals surface area contributed by atoms with E-state index in [9.17, 15) is 0 Å². The summed E-state index contributed by atoms with van der Waals surface area (Å²) in [5, 5.41) is 6.20. The van der Waals surface area contributed by atoms with Gasteiger partial charge in [0.2, 0.25) is 0 Å². The summed E-state index contributed by atoms with van der Waals surface area (Å²) in [6.45, 7) is 2.22. The van der Waals surface area contributed by atoms with Gasteiger partial charge in [-0.3, -0.25) is 20.0 Å². The highest BCUT2D eigenvalue weighted by atomic mass is 14.8. The molecule has 6 rings (SSSR count). The molecule has 4 heteroatoms. The number of hydrogen-bond acceptors (Lipinski definition) is 4. The number of pyridine rings is 2. The normalized spacial score (nSPS) is 17.8. The van der Waals surface area contributed by atoms with Crippen LogP contribution in [0.1, 0.15) is 30.0 Å². The second-order valence-electron chi connectivity index (χ2n) is 8.63. The smallest absolute Gasteiger partial charge is 0.0869 e. The third kappa shape index (κ3) is 3.40. The molecule has 0 spiro atoms. The zero-order chi connectivity index (χ0) is 22.3. The molecule has 1 aliphatic carbocycles. The Balaban J connectivity index is 1.52. The van der Waals surface area contributed by atoms with Gasteiger partial charge in [-0.05, 0) is 81.7 Å².